The highest BCUT2D eigenvalue weighted by molar-refractivity contribution is 5.89. The number of hydrogen-bond donors (Lipinski definition) is 0. The lowest BCUT2D eigenvalue weighted by atomic mass is 10.1. The second-order valence-electron chi connectivity index (χ2n) is 3.74. The third-order valence-electron chi connectivity index (χ3n) is 2.34. The zero-order valence-electron chi connectivity index (χ0n) is 9.30. The van der Waals surface area contributed by atoms with Gasteiger partial charge in [0.1, 0.15) is 11.6 Å². The first-order chi connectivity index (χ1) is 7.54. The van der Waals surface area contributed by atoms with Crippen molar-refractivity contribution in [1.29, 1.82) is 0 Å². The third-order valence-corrected chi connectivity index (χ3v) is 2.34. The Balaban J connectivity index is 2.69. The number of benzene rings is 1. The van der Waals surface area contributed by atoms with Crippen molar-refractivity contribution in [2.75, 3.05) is 6.61 Å². The summed E-state index contributed by atoms with van der Waals surface area (Å²) >= 11 is 0. The van der Waals surface area contributed by atoms with Crippen molar-refractivity contribution in [2.24, 2.45) is 5.92 Å². The zero-order valence-corrected chi connectivity index (χ0v) is 9.30. The van der Waals surface area contributed by atoms with Crippen molar-refractivity contribution >= 4 is 5.97 Å². The molecule has 0 aliphatic heterocycles. The van der Waals surface area contributed by atoms with E-state index in [1.165, 1.54) is 0 Å². The van der Waals surface area contributed by atoms with Crippen molar-refractivity contribution in [2.45, 2.75) is 20.3 Å². The highest BCUT2D eigenvalue weighted by Crippen LogP contribution is 2.12. The Hall–Kier alpha value is -1.45. The van der Waals surface area contributed by atoms with E-state index in [4.69, 9.17) is 4.74 Å². The minimum atomic E-state index is -0.822. The fourth-order valence-corrected chi connectivity index (χ4v) is 1.07. The summed E-state index contributed by atoms with van der Waals surface area (Å²) in [5.74, 6) is -2.04. The van der Waals surface area contributed by atoms with Crippen LogP contribution in [0, 0.1) is 17.6 Å². The second-order valence-corrected chi connectivity index (χ2v) is 3.74. The van der Waals surface area contributed by atoms with Crippen LogP contribution < -0.4 is 0 Å². The smallest absolute Gasteiger partial charge is 0.341 e. The Bertz CT molecular complexity index is 377. The van der Waals surface area contributed by atoms with Crippen LogP contribution in [0.15, 0.2) is 18.2 Å². The molecule has 2 nitrogen and oxygen atoms in total. The standard InChI is InChI=1S/C12H14F2O2/c1-3-8(2)7-16-12(15)10-6-9(13)4-5-11(10)14/h4-6,8H,3,7H2,1-2H3. The number of rotatable bonds is 4. The Morgan fingerprint density at radius 1 is 1.44 bits per heavy atom. The van der Waals surface area contributed by atoms with Crippen LogP contribution in [0.25, 0.3) is 0 Å². The maximum absolute atomic E-state index is 13.2. The van der Waals surface area contributed by atoms with Crippen LogP contribution in [0.4, 0.5) is 8.78 Å². The van der Waals surface area contributed by atoms with E-state index in [2.05, 4.69) is 0 Å². The summed E-state index contributed by atoms with van der Waals surface area (Å²) in [7, 11) is 0. The highest BCUT2D eigenvalue weighted by Gasteiger charge is 2.14. The fourth-order valence-electron chi connectivity index (χ4n) is 1.07. The summed E-state index contributed by atoms with van der Waals surface area (Å²) in [6, 6.07) is 2.71. The Morgan fingerprint density at radius 2 is 2.12 bits per heavy atom. The van der Waals surface area contributed by atoms with Crippen LogP contribution in [0.5, 0.6) is 0 Å². The average Bonchev–Trinajstić information content (AvgIpc) is 2.28. The van der Waals surface area contributed by atoms with Crippen molar-refractivity contribution < 1.29 is 18.3 Å². The normalized spacial score (nSPS) is 12.2. The van der Waals surface area contributed by atoms with Crippen LogP contribution in [-0.2, 0) is 4.74 Å². The first-order valence-electron chi connectivity index (χ1n) is 5.16. The third kappa shape index (κ3) is 3.29. The molecule has 0 N–H and O–H groups in total. The summed E-state index contributed by atoms with van der Waals surface area (Å²) in [4.78, 5) is 11.4. The van der Waals surface area contributed by atoms with Gasteiger partial charge >= 0.3 is 5.97 Å². The van der Waals surface area contributed by atoms with E-state index in [9.17, 15) is 13.6 Å². The van der Waals surface area contributed by atoms with E-state index in [1.807, 2.05) is 13.8 Å². The molecule has 0 aliphatic rings. The Labute approximate surface area is 93.2 Å². The summed E-state index contributed by atoms with van der Waals surface area (Å²) in [6.45, 7) is 4.09. The van der Waals surface area contributed by atoms with E-state index >= 15 is 0 Å². The van der Waals surface area contributed by atoms with Gasteiger partial charge in [0, 0.05) is 0 Å². The molecule has 0 aromatic heterocycles. The molecule has 0 saturated heterocycles. The van der Waals surface area contributed by atoms with Crippen LogP contribution in [0.3, 0.4) is 0 Å². The van der Waals surface area contributed by atoms with Crippen molar-refractivity contribution in [1.82, 2.24) is 0 Å². The van der Waals surface area contributed by atoms with Gasteiger partial charge < -0.3 is 4.74 Å². The Kier molecular flexibility index (Phi) is 4.40. The van der Waals surface area contributed by atoms with E-state index in [0.29, 0.717) is 0 Å². The number of carbonyl (C=O) groups excluding carboxylic acids is 1. The minimum Gasteiger partial charge on any atom is -0.462 e. The van der Waals surface area contributed by atoms with Crippen molar-refractivity contribution in [3.8, 4) is 0 Å². The number of carbonyl (C=O) groups is 1. The van der Waals surface area contributed by atoms with Crippen molar-refractivity contribution in [3.63, 3.8) is 0 Å². The number of ether oxygens (including phenoxy) is 1. The minimum absolute atomic E-state index is 0.209. The first-order valence-corrected chi connectivity index (χ1v) is 5.16. The molecule has 0 fully saturated rings. The van der Waals surface area contributed by atoms with Gasteiger partial charge in [-0.25, -0.2) is 13.6 Å². The van der Waals surface area contributed by atoms with E-state index in [0.717, 1.165) is 24.6 Å². The van der Waals surface area contributed by atoms with Gasteiger partial charge in [-0.2, -0.15) is 0 Å². The Morgan fingerprint density at radius 3 is 2.75 bits per heavy atom. The van der Waals surface area contributed by atoms with Gasteiger partial charge in [-0.05, 0) is 24.1 Å². The predicted octanol–water partition coefficient (Wildman–Crippen LogP) is 3.17. The van der Waals surface area contributed by atoms with Gasteiger partial charge in [-0.15, -0.1) is 0 Å². The van der Waals surface area contributed by atoms with Crippen LogP contribution in [-0.4, -0.2) is 12.6 Å². The number of halogens is 2. The molecule has 1 aromatic carbocycles. The molecule has 1 aromatic rings. The lowest BCUT2D eigenvalue weighted by molar-refractivity contribution is 0.0441. The highest BCUT2D eigenvalue weighted by atomic mass is 19.1. The van der Waals surface area contributed by atoms with E-state index in [-0.39, 0.29) is 18.1 Å². The monoisotopic (exact) mass is 228 g/mol. The molecule has 0 radical (unpaired) electrons. The topological polar surface area (TPSA) is 26.3 Å². The maximum atomic E-state index is 13.2. The molecule has 0 saturated carbocycles. The summed E-state index contributed by atoms with van der Waals surface area (Å²) in [5, 5.41) is 0. The molecule has 88 valence electrons. The van der Waals surface area contributed by atoms with Crippen molar-refractivity contribution in [3.05, 3.63) is 35.4 Å². The molecular weight excluding hydrogens is 214 g/mol. The molecule has 0 amide bonds. The zero-order chi connectivity index (χ0) is 12.1. The largest absolute Gasteiger partial charge is 0.462 e. The summed E-state index contributed by atoms with van der Waals surface area (Å²) in [5.41, 5.74) is -0.358. The van der Waals surface area contributed by atoms with E-state index in [1.54, 1.807) is 0 Å². The molecule has 1 atom stereocenters. The maximum Gasteiger partial charge on any atom is 0.341 e. The molecule has 0 heterocycles. The summed E-state index contributed by atoms with van der Waals surface area (Å²) < 4.78 is 30.8. The quantitative estimate of drug-likeness (QED) is 0.740. The van der Waals surface area contributed by atoms with Gasteiger partial charge in [-0.1, -0.05) is 20.3 Å². The predicted molar refractivity (Wildman–Crippen MR) is 56.1 cm³/mol. The molecule has 16 heavy (non-hydrogen) atoms. The molecular formula is C12H14F2O2. The molecule has 0 bridgehead atoms. The molecule has 1 rings (SSSR count). The molecule has 0 aliphatic carbocycles. The van der Waals surface area contributed by atoms with Gasteiger partial charge in [0.05, 0.1) is 12.2 Å². The lowest BCUT2D eigenvalue weighted by Crippen LogP contribution is -2.13. The lowest BCUT2D eigenvalue weighted by Gasteiger charge is -2.09. The first kappa shape index (κ1) is 12.6. The van der Waals surface area contributed by atoms with Crippen LogP contribution in [0.2, 0.25) is 0 Å². The number of hydrogen-bond acceptors (Lipinski definition) is 2. The average molecular weight is 228 g/mol. The van der Waals surface area contributed by atoms with Gasteiger partial charge in [-0.3, -0.25) is 0 Å². The SMILES string of the molecule is CCC(C)COC(=O)c1cc(F)ccc1F. The van der Waals surface area contributed by atoms with Gasteiger partial charge in [0.25, 0.3) is 0 Å². The molecule has 0 spiro atoms. The second kappa shape index (κ2) is 5.58. The molecule has 4 heteroatoms. The fraction of sp³-hybridized carbons (Fsp3) is 0.417. The van der Waals surface area contributed by atoms with E-state index < -0.39 is 17.6 Å². The molecule has 1 unspecified atom stereocenters. The van der Waals surface area contributed by atoms with Crippen LogP contribution >= 0.6 is 0 Å². The summed E-state index contributed by atoms with van der Waals surface area (Å²) in [6.07, 6.45) is 0.860. The van der Waals surface area contributed by atoms with Gasteiger partial charge in [0.15, 0.2) is 0 Å². The van der Waals surface area contributed by atoms with Gasteiger partial charge in [0.2, 0.25) is 0 Å². The number of esters is 1. The van der Waals surface area contributed by atoms with Crippen LogP contribution in [0.1, 0.15) is 30.6 Å².